The Kier molecular flexibility index (Phi) is 5.82. The van der Waals surface area contributed by atoms with E-state index in [0.717, 1.165) is 5.56 Å². The van der Waals surface area contributed by atoms with E-state index in [2.05, 4.69) is 10.1 Å². The van der Waals surface area contributed by atoms with Gasteiger partial charge in [-0.2, -0.15) is 13.2 Å². The Hall–Kier alpha value is -1.76. The summed E-state index contributed by atoms with van der Waals surface area (Å²) >= 11 is 0. The van der Waals surface area contributed by atoms with Crippen molar-refractivity contribution < 1.29 is 22.7 Å². The number of ether oxygens (including phenoxy) is 1. The van der Waals surface area contributed by atoms with Crippen molar-refractivity contribution in [2.24, 2.45) is 0 Å². The van der Waals surface area contributed by atoms with Crippen LogP contribution in [0.3, 0.4) is 0 Å². The van der Waals surface area contributed by atoms with Crippen LogP contribution in [0.25, 0.3) is 0 Å². The highest BCUT2D eigenvalue weighted by molar-refractivity contribution is 5.76. The topological polar surface area (TPSA) is 64.3 Å². The third kappa shape index (κ3) is 6.42. The number of nitrogens with two attached hydrogens (primary N) is 1. The first-order valence-corrected chi connectivity index (χ1v) is 6.07. The van der Waals surface area contributed by atoms with Crippen LogP contribution in [-0.2, 0) is 9.53 Å². The molecular weight excluding hydrogens is 273 g/mol. The first kappa shape index (κ1) is 16.3. The number of rotatable bonds is 6. The van der Waals surface area contributed by atoms with Crippen molar-refractivity contribution in [2.75, 3.05) is 18.9 Å². The molecule has 0 spiro atoms. The normalized spacial score (nSPS) is 13.0. The Morgan fingerprint density at radius 1 is 1.35 bits per heavy atom. The number of amides is 1. The van der Waals surface area contributed by atoms with E-state index in [1.54, 1.807) is 31.2 Å². The van der Waals surface area contributed by atoms with E-state index in [4.69, 9.17) is 5.73 Å². The largest absolute Gasteiger partial charge is 0.411 e. The third-order valence-electron chi connectivity index (χ3n) is 2.55. The average molecular weight is 290 g/mol. The summed E-state index contributed by atoms with van der Waals surface area (Å²) in [7, 11) is 0. The summed E-state index contributed by atoms with van der Waals surface area (Å²) in [5.41, 5.74) is 7.03. The second kappa shape index (κ2) is 7.14. The summed E-state index contributed by atoms with van der Waals surface area (Å²) < 4.78 is 39.8. The number of hydrogen-bond donors (Lipinski definition) is 2. The number of anilines is 1. The van der Waals surface area contributed by atoms with Crippen molar-refractivity contribution in [3.8, 4) is 0 Å². The van der Waals surface area contributed by atoms with Crippen molar-refractivity contribution in [1.29, 1.82) is 0 Å². The molecule has 0 aromatic heterocycles. The van der Waals surface area contributed by atoms with Crippen LogP contribution in [0.5, 0.6) is 0 Å². The van der Waals surface area contributed by atoms with Gasteiger partial charge in [0.05, 0.1) is 12.6 Å². The summed E-state index contributed by atoms with van der Waals surface area (Å²) in [5, 5.41) is 2.67. The van der Waals surface area contributed by atoms with Gasteiger partial charge >= 0.3 is 6.18 Å². The molecule has 1 aromatic rings. The Morgan fingerprint density at radius 2 is 1.95 bits per heavy atom. The van der Waals surface area contributed by atoms with E-state index in [1.807, 2.05) is 0 Å². The molecule has 0 aliphatic heterocycles. The molecule has 0 saturated heterocycles. The maximum atomic E-state index is 11.8. The molecule has 0 saturated carbocycles. The van der Waals surface area contributed by atoms with Crippen molar-refractivity contribution >= 4 is 11.6 Å². The van der Waals surface area contributed by atoms with Crippen LogP contribution in [0.2, 0.25) is 0 Å². The number of alkyl halides is 3. The van der Waals surface area contributed by atoms with E-state index in [1.165, 1.54) is 0 Å². The smallest absolute Gasteiger partial charge is 0.399 e. The molecule has 0 fully saturated rings. The third-order valence-corrected chi connectivity index (χ3v) is 2.55. The van der Waals surface area contributed by atoms with Gasteiger partial charge in [0.2, 0.25) is 5.91 Å². The average Bonchev–Trinajstić information content (AvgIpc) is 2.34. The number of benzene rings is 1. The second-order valence-electron chi connectivity index (χ2n) is 4.37. The van der Waals surface area contributed by atoms with Gasteiger partial charge in [0.15, 0.2) is 0 Å². The van der Waals surface area contributed by atoms with Gasteiger partial charge in [-0.1, -0.05) is 12.1 Å². The van der Waals surface area contributed by atoms with Gasteiger partial charge in [0, 0.05) is 12.1 Å². The highest BCUT2D eigenvalue weighted by Gasteiger charge is 2.27. The van der Waals surface area contributed by atoms with E-state index in [-0.39, 0.29) is 25.0 Å². The monoisotopic (exact) mass is 290 g/mol. The SMILES string of the molecule is CC(NC(=O)CCOCC(F)(F)F)c1ccc(N)cc1. The van der Waals surface area contributed by atoms with E-state index >= 15 is 0 Å². The molecule has 0 radical (unpaired) electrons. The minimum absolute atomic E-state index is 0.116. The number of nitrogens with one attached hydrogen (secondary N) is 1. The summed E-state index contributed by atoms with van der Waals surface area (Å²) in [6, 6.07) is 6.74. The number of hydrogen-bond acceptors (Lipinski definition) is 3. The molecule has 1 atom stereocenters. The molecule has 1 aromatic carbocycles. The number of nitrogen functional groups attached to an aromatic ring is 1. The highest BCUT2D eigenvalue weighted by atomic mass is 19.4. The highest BCUT2D eigenvalue weighted by Crippen LogP contribution is 2.15. The van der Waals surface area contributed by atoms with Crippen molar-refractivity contribution in [3.63, 3.8) is 0 Å². The van der Waals surface area contributed by atoms with Gasteiger partial charge in [-0.3, -0.25) is 4.79 Å². The lowest BCUT2D eigenvalue weighted by molar-refractivity contribution is -0.174. The quantitative estimate of drug-likeness (QED) is 0.624. The van der Waals surface area contributed by atoms with Crippen LogP contribution in [0.4, 0.5) is 18.9 Å². The van der Waals surface area contributed by atoms with Gasteiger partial charge in [0.1, 0.15) is 6.61 Å². The molecule has 4 nitrogen and oxygen atoms in total. The van der Waals surface area contributed by atoms with Crippen LogP contribution in [0, 0.1) is 0 Å². The van der Waals surface area contributed by atoms with E-state index in [0.29, 0.717) is 5.69 Å². The Morgan fingerprint density at radius 3 is 2.50 bits per heavy atom. The lowest BCUT2D eigenvalue weighted by Gasteiger charge is -2.14. The molecule has 1 unspecified atom stereocenters. The van der Waals surface area contributed by atoms with E-state index in [9.17, 15) is 18.0 Å². The van der Waals surface area contributed by atoms with Crippen LogP contribution in [0.1, 0.15) is 24.9 Å². The van der Waals surface area contributed by atoms with Crippen LogP contribution in [0.15, 0.2) is 24.3 Å². The minimum Gasteiger partial charge on any atom is -0.399 e. The van der Waals surface area contributed by atoms with Gasteiger partial charge in [-0.05, 0) is 24.6 Å². The van der Waals surface area contributed by atoms with Gasteiger partial charge < -0.3 is 15.8 Å². The van der Waals surface area contributed by atoms with Gasteiger partial charge in [-0.25, -0.2) is 0 Å². The fourth-order valence-corrected chi connectivity index (χ4v) is 1.53. The first-order valence-electron chi connectivity index (χ1n) is 6.07. The molecule has 20 heavy (non-hydrogen) atoms. The van der Waals surface area contributed by atoms with Gasteiger partial charge in [0.25, 0.3) is 0 Å². The molecule has 7 heteroatoms. The zero-order valence-electron chi connectivity index (χ0n) is 11.0. The van der Waals surface area contributed by atoms with Crippen molar-refractivity contribution in [2.45, 2.75) is 25.6 Å². The molecule has 0 aliphatic carbocycles. The molecule has 1 rings (SSSR count). The predicted octanol–water partition coefficient (Wildman–Crippen LogP) is 2.42. The fourth-order valence-electron chi connectivity index (χ4n) is 1.53. The second-order valence-corrected chi connectivity index (χ2v) is 4.37. The summed E-state index contributed by atoms with van der Waals surface area (Å²) in [5.74, 6) is -0.364. The molecule has 0 heterocycles. The number of carbonyl (C=O) groups is 1. The first-order chi connectivity index (χ1) is 9.28. The van der Waals surface area contributed by atoms with Crippen LogP contribution in [-0.4, -0.2) is 25.3 Å². The molecule has 112 valence electrons. The zero-order chi connectivity index (χ0) is 15.2. The molecule has 0 bridgehead atoms. The number of halogens is 3. The minimum atomic E-state index is -4.37. The van der Waals surface area contributed by atoms with Crippen molar-refractivity contribution in [1.82, 2.24) is 5.32 Å². The van der Waals surface area contributed by atoms with Crippen molar-refractivity contribution in [3.05, 3.63) is 29.8 Å². The lowest BCUT2D eigenvalue weighted by Crippen LogP contribution is -2.28. The zero-order valence-corrected chi connectivity index (χ0v) is 11.0. The Labute approximate surface area is 115 Å². The molecule has 1 amide bonds. The lowest BCUT2D eigenvalue weighted by atomic mass is 10.1. The van der Waals surface area contributed by atoms with Crippen LogP contribution < -0.4 is 11.1 Å². The summed E-state index contributed by atoms with van der Waals surface area (Å²) in [4.78, 5) is 11.5. The maximum absolute atomic E-state index is 11.8. The van der Waals surface area contributed by atoms with E-state index < -0.39 is 12.8 Å². The van der Waals surface area contributed by atoms with Crippen LogP contribution >= 0.6 is 0 Å². The molecule has 0 aliphatic rings. The maximum Gasteiger partial charge on any atom is 0.411 e. The summed E-state index contributed by atoms with van der Waals surface area (Å²) in [6.07, 6.45) is -4.48. The van der Waals surface area contributed by atoms with Gasteiger partial charge in [-0.15, -0.1) is 0 Å². The Balaban J connectivity index is 2.30. The number of carbonyl (C=O) groups excluding carboxylic acids is 1. The summed E-state index contributed by atoms with van der Waals surface area (Å²) in [6.45, 7) is 0.174. The fraction of sp³-hybridized carbons (Fsp3) is 0.462. The predicted molar refractivity (Wildman–Crippen MR) is 68.9 cm³/mol. The molecular formula is C13H17F3N2O2. The molecule has 3 N–H and O–H groups in total. The standard InChI is InChI=1S/C13H17F3N2O2/c1-9(10-2-4-11(17)5-3-10)18-12(19)6-7-20-8-13(14,15)16/h2-5,9H,6-8,17H2,1H3,(H,18,19). The Bertz CT molecular complexity index is 432.